The van der Waals surface area contributed by atoms with Crippen LogP contribution in [0.1, 0.15) is 35.9 Å². The summed E-state index contributed by atoms with van der Waals surface area (Å²) in [7, 11) is 1.72. The summed E-state index contributed by atoms with van der Waals surface area (Å²) >= 11 is 0. The van der Waals surface area contributed by atoms with Crippen LogP contribution in [0.5, 0.6) is 0 Å². The van der Waals surface area contributed by atoms with E-state index in [-0.39, 0.29) is 17.9 Å². The Bertz CT molecular complexity index is 529. The first-order valence-corrected chi connectivity index (χ1v) is 6.75. The molecule has 1 aromatic rings. The number of aryl methyl sites for hydroxylation is 2. The molecular formula is C13H21N5O2. The van der Waals surface area contributed by atoms with Gasteiger partial charge >= 0.3 is 0 Å². The number of nitrogens with two attached hydrogens (primary N) is 1. The van der Waals surface area contributed by atoms with E-state index in [1.807, 2.05) is 0 Å². The molecule has 1 saturated heterocycles. The molecule has 1 aromatic heterocycles. The number of anilines is 1. The monoisotopic (exact) mass is 279 g/mol. The number of likely N-dealkylation sites (tertiary alicyclic amines) is 1. The Balaban J connectivity index is 2.03. The van der Waals surface area contributed by atoms with E-state index in [1.165, 1.54) is 11.6 Å². The zero-order chi connectivity index (χ0) is 14.9. The number of carbonyl (C=O) groups is 2. The molecule has 0 bridgehead atoms. The van der Waals surface area contributed by atoms with Crippen molar-refractivity contribution in [3.63, 3.8) is 0 Å². The standard InChI is InChI=1S/C13H21N5O2/c1-8-11(14)12(17(3)16-8)13(20)18-6-4-10(5-7-18)15-9(2)19/h10H,4-7,14H2,1-3H3,(H,15,19). The van der Waals surface area contributed by atoms with E-state index < -0.39 is 0 Å². The molecule has 0 aliphatic carbocycles. The molecule has 7 heteroatoms. The second-order valence-corrected chi connectivity index (χ2v) is 5.24. The smallest absolute Gasteiger partial charge is 0.274 e. The molecule has 1 fully saturated rings. The van der Waals surface area contributed by atoms with E-state index >= 15 is 0 Å². The van der Waals surface area contributed by atoms with Gasteiger partial charge in [0.15, 0.2) is 0 Å². The van der Waals surface area contributed by atoms with Crippen molar-refractivity contribution in [1.82, 2.24) is 20.0 Å². The Morgan fingerprint density at radius 2 is 1.95 bits per heavy atom. The Morgan fingerprint density at radius 3 is 2.40 bits per heavy atom. The second kappa shape index (κ2) is 5.52. The number of nitrogen functional groups attached to an aromatic ring is 1. The lowest BCUT2D eigenvalue weighted by Gasteiger charge is -2.32. The summed E-state index contributed by atoms with van der Waals surface area (Å²) in [6, 6.07) is 0.155. The SMILES string of the molecule is CC(=O)NC1CCN(C(=O)c2c(N)c(C)nn2C)CC1. The third kappa shape index (κ3) is 2.76. The van der Waals surface area contributed by atoms with E-state index in [0.29, 0.717) is 30.2 Å². The fourth-order valence-electron chi connectivity index (χ4n) is 2.59. The third-order valence-corrected chi connectivity index (χ3v) is 3.66. The first-order chi connectivity index (χ1) is 9.40. The molecular weight excluding hydrogens is 258 g/mol. The van der Waals surface area contributed by atoms with Gasteiger partial charge in [0.1, 0.15) is 5.69 Å². The van der Waals surface area contributed by atoms with Gasteiger partial charge in [-0.2, -0.15) is 5.10 Å². The molecule has 20 heavy (non-hydrogen) atoms. The molecule has 2 rings (SSSR count). The summed E-state index contributed by atoms with van der Waals surface area (Å²) in [5.74, 6) is -0.117. The number of hydrogen-bond donors (Lipinski definition) is 2. The van der Waals surface area contributed by atoms with Crippen LogP contribution in [0.3, 0.4) is 0 Å². The molecule has 0 unspecified atom stereocenters. The lowest BCUT2D eigenvalue weighted by atomic mass is 10.0. The molecule has 110 valence electrons. The van der Waals surface area contributed by atoms with E-state index in [1.54, 1.807) is 18.9 Å². The van der Waals surface area contributed by atoms with E-state index in [0.717, 1.165) is 12.8 Å². The molecule has 0 saturated carbocycles. The topological polar surface area (TPSA) is 93.2 Å². The van der Waals surface area contributed by atoms with Gasteiger partial charge in [-0.1, -0.05) is 0 Å². The highest BCUT2D eigenvalue weighted by Gasteiger charge is 2.27. The zero-order valence-electron chi connectivity index (χ0n) is 12.1. The Labute approximate surface area is 118 Å². The number of aromatic nitrogens is 2. The fourth-order valence-corrected chi connectivity index (χ4v) is 2.59. The molecule has 0 aromatic carbocycles. The average molecular weight is 279 g/mol. The number of rotatable bonds is 2. The van der Waals surface area contributed by atoms with Gasteiger partial charge in [-0.25, -0.2) is 0 Å². The van der Waals surface area contributed by atoms with Gasteiger partial charge < -0.3 is 16.0 Å². The van der Waals surface area contributed by atoms with Crippen LogP contribution in [-0.2, 0) is 11.8 Å². The highest BCUT2D eigenvalue weighted by Crippen LogP contribution is 2.20. The van der Waals surface area contributed by atoms with Crippen LogP contribution in [0.15, 0.2) is 0 Å². The van der Waals surface area contributed by atoms with Crippen molar-refractivity contribution in [3.05, 3.63) is 11.4 Å². The summed E-state index contributed by atoms with van der Waals surface area (Å²) in [6.07, 6.45) is 1.53. The maximum Gasteiger partial charge on any atom is 0.274 e. The number of amides is 2. The van der Waals surface area contributed by atoms with Crippen molar-refractivity contribution < 1.29 is 9.59 Å². The van der Waals surface area contributed by atoms with E-state index in [4.69, 9.17) is 5.73 Å². The Morgan fingerprint density at radius 1 is 1.35 bits per heavy atom. The van der Waals surface area contributed by atoms with Gasteiger partial charge in [0.2, 0.25) is 5.91 Å². The third-order valence-electron chi connectivity index (χ3n) is 3.66. The first kappa shape index (κ1) is 14.4. The van der Waals surface area contributed by atoms with Crippen LogP contribution in [-0.4, -0.2) is 45.6 Å². The number of nitrogens with one attached hydrogen (secondary N) is 1. The summed E-state index contributed by atoms with van der Waals surface area (Å²) in [4.78, 5) is 25.3. The van der Waals surface area contributed by atoms with E-state index in [9.17, 15) is 9.59 Å². The fraction of sp³-hybridized carbons (Fsp3) is 0.615. The average Bonchev–Trinajstić information content (AvgIpc) is 2.63. The maximum atomic E-state index is 12.5. The Hall–Kier alpha value is -2.05. The zero-order valence-corrected chi connectivity index (χ0v) is 12.1. The molecule has 2 heterocycles. The van der Waals surface area contributed by atoms with Crippen LogP contribution in [0.4, 0.5) is 5.69 Å². The van der Waals surface area contributed by atoms with E-state index in [2.05, 4.69) is 10.4 Å². The van der Waals surface area contributed by atoms with Gasteiger partial charge in [-0.3, -0.25) is 14.3 Å². The van der Waals surface area contributed by atoms with Gasteiger partial charge in [0.05, 0.1) is 11.4 Å². The first-order valence-electron chi connectivity index (χ1n) is 6.75. The van der Waals surface area contributed by atoms with Crippen molar-refractivity contribution in [2.45, 2.75) is 32.7 Å². The van der Waals surface area contributed by atoms with Gasteiger partial charge in [-0.05, 0) is 19.8 Å². The van der Waals surface area contributed by atoms with Crippen LogP contribution < -0.4 is 11.1 Å². The molecule has 7 nitrogen and oxygen atoms in total. The molecule has 1 aliphatic rings. The minimum atomic E-state index is -0.0909. The molecule has 0 radical (unpaired) electrons. The predicted octanol–water partition coefficient (Wildman–Crippen LogP) is 0.0514. The maximum absolute atomic E-state index is 12.5. The number of carbonyl (C=O) groups excluding carboxylic acids is 2. The largest absolute Gasteiger partial charge is 0.395 e. The van der Waals surface area contributed by atoms with Crippen molar-refractivity contribution in [2.75, 3.05) is 18.8 Å². The molecule has 3 N–H and O–H groups in total. The summed E-state index contributed by atoms with van der Waals surface area (Å²) in [6.45, 7) is 4.53. The number of nitrogens with zero attached hydrogens (tertiary/aromatic N) is 3. The van der Waals surface area contributed by atoms with Crippen molar-refractivity contribution >= 4 is 17.5 Å². The van der Waals surface area contributed by atoms with Crippen molar-refractivity contribution in [3.8, 4) is 0 Å². The minimum absolute atomic E-state index is 0.0266. The molecule has 2 amide bonds. The van der Waals surface area contributed by atoms with Gasteiger partial charge in [0.25, 0.3) is 5.91 Å². The Kier molecular flexibility index (Phi) is 3.96. The normalized spacial score (nSPS) is 16.2. The van der Waals surface area contributed by atoms with Crippen molar-refractivity contribution in [2.24, 2.45) is 7.05 Å². The molecule has 0 atom stereocenters. The number of piperidine rings is 1. The summed E-state index contributed by atoms with van der Waals surface area (Å²) in [5, 5.41) is 7.06. The minimum Gasteiger partial charge on any atom is -0.395 e. The molecule has 0 spiro atoms. The molecule has 1 aliphatic heterocycles. The van der Waals surface area contributed by atoms with Crippen LogP contribution in [0.25, 0.3) is 0 Å². The quantitative estimate of drug-likeness (QED) is 0.800. The van der Waals surface area contributed by atoms with Gasteiger partial charge in [0, 0.05) is 33.1 Å². The van der Waals surface area contributed by atoms with Crippen LogP contribution >= 0.6 is 0 Å². The predicted molar refractivity (Wildman–Crippen MR) is 75.1 cm³/mol. The summed E-state index contributed by atoms with van der Waals surface area (Å²) in [5.41, 5.74) is 7.48. The summed E-state index contributed by atoms with van der Waals surface area (Å²) < 4.78 is 1.53. The van der Waals surface area contributed by atoms with Crippen molar-refractivity contribution in [1.29, 1.82) is 0 Å². The second-order valence-electron chi connectivity index (χ2n) is 5.24. The lowest BCUT2D eigenvalue weighted by molar-refractivity contribution is -0.119. The highest BCUT2D eigenvalue weighted by molar-refractivity contribution is 5.98. The lowest BCUT2D eigenvalue weighted by Crippen LogP contribution is -2.46. The van der Waals surface area contributed by atoms with Crippen LogP contribution in [0, 0.1) is 6.92 Å². The van der Waals surface area contributed by atoms with Crippen LogP contribution in [0.2, 0.25) is 0 Å². The number of hydrogen-bond acceptors (Lipinski definition) is 4. The van der Waals surface area contributed by atoms with Gasteiger partial charge in [-0.15, -0.1) is 0 Å². The highest BCUT2D eigenvalue weighted by atomic mass is 16.2.